The molecule has 0 aliphatic rings. The lowest BCUT2D eigenvalue weighted by Crippen LogP contribution is -2.16. The third-order valence-electron chi connectivity index (χ3n) is 2.61. The first-order valence-corrected chi connectivity index (χ1v) is 5.90. The van der Waals surface area contributed by atoms with Crippen LogP contribution in [0.25, 0.3) is 11.5 Å². The number of hydrogen-bond acceptors (Lipinski definition) is 4. The molecule has 0 aliphatic carbocycles. The highest BCUT2D eigenvalue weighted by atomic mass is 16.4. The van der Waals surface area contributed by atoms with Gasteiger partial charge in [-0.25, -0.2) is 0 Å². The van der Waals surface area contributed by atoms with E-state index in [9.17, 15) is 0 Å². The summed E-state index contributed by atoms with van der Waals surface area (Å²) in [6.45, 7) is 5.94. The monoisotopic (exact) mass is 231 g/mol. The molecule has 0 aliphatic heterocycles. The van der Waals surface area contributed by atoms with Gasteiger partial charge >= 0.3 is 0 Å². The molecule has 2 rings (SSSR count). The second-order valence-corrected chi connectivity index (χ2v) is 3.92. The molecule has 0 amide bonds. The van der Waals surface area contributed by atoms with Crippen molar-refractivity contribution in [3.05, 3.63) is 35.7 Å². The highest BCUT2D eigenvalue weighted by Crippen LogP contribution is 2.21. The smallest absolute Gasteiger partial charge is 0.247 e. The Morgan fingerprint density at radius 1 is 1.24 bits per heavy atom. The van der Waals surface area contributed by atoms with Crippen molar-refractivity contribution in [2.75, 3.05) is 13.1 Å². The van der Waals surface area contributed by atoms with Crippen LogP contribution in [-0.2, 0) is 6.42 Å². The first kappa shape index (κ1) is 11.8. The maximum Gasteiger partial charge on any atom is 0.247 e. The minimum absolute atomic E-state index is 0.606. The van der Waals surface area contributed by atoms with Crippen LogP contribution >= 0.6 is 0 Å². The fourth-order valence-electron chi connectivity index (χ4n) is 1.65. The fraction of sp³-hybridized carbons (Fsp3) is 0.385. The fourth-order valence-corrected chi connectivity index (χ4v) is 1.65. The number of likely N-dealkylation sites (N-methyl/N-ethyl adjacent to an activating group) is 1. The zero-order chi connectivity index (χ0) is 12.1. The van der Waals surface area contributed by atoms with Gasteiger partial charge in [-0.3, -0.25) is 0 Å². The Hall–Kier alpha value is -1.68. The summed E-state index contributed by atoms with van der Waals surface area (Å²) in [5.74, 6) is 1.29. The Balaban J connectivity index is 2.10. The molecule has 1 aromatic carbocycles. The molecule has 0 unspecified atom stereocenters. The van der Waals surface area contributed by atoms with Crippen molar-refractivity contribution >= 4 is 0 Å². The highest BCUT2D eigenvalue weighted by Gasteiger charge is 2.09. The first-order chi connectivity index (χ1) is 8.31. The molecular weight excluding hydrogens is 214 g/mol. The van der Waals surface area contributed by atoms with Crippen LogP contribution in [0.15, 0.2) is 28.7 Å². The third-order valence-corrected chi connectivity index (χ3v) is 2.61. The summed E-state index contributed by atoms with van der Waals surface area (Å²) in [6.07, 6.45) is 0.771. The average molecular weight is 231 g/mol. The highest BCUT2D eigenvalue weighted by molar-refractivity contribution is 5.57. The normalized spacial score (nSPS) is 10.7. The van der Waals surface area contributed by atoms with Gasteiger partial charge in [0.25, 0.3) is 0 Å². The van der Waals surface area contributed by atoms with Gasteiger partial charge < -0.3 is 9.73 Å². The molecule has 0 fully saturated rings. The predicted molar refractivity (Wildman–Crippen MR) is 66.7 cm³/mol. The van der Waals surface area contributed by atoms with Crippen LogP contribution < -0.4 is 5.32 Å². The standard InChI is InChI=1S/C13H17N3O/c1-3-14-9-8-12-15-16-13(17-12)11-7-5-4-6-10(11)2/h4-7,14H,3,8-9H2,1-2H3. The number of aromatic nitrogens is 2. The van der Waals surface area contributed by atoms with E-state index in [1.54, 1.807) is 0 Å². The number of nitrogens with zero attached hydrogens (tertiary/aromatic N) is 2. The summed E-state index contributed by atoms with van der Waals surface area (Å²) in [7, 11) is 0. The van der Waals surface area contributed by atoms with Gasteiger partial charge in [0.15, 0.2) is 0 Å². The van der Waals surface area contributed by atoms with E-state index in [2.05, 4.69) is 22.4 Å². The minimum Gasteiger partial charge on any atom is -0.421 e. The summed E-state index contributed by atoms with van der Waals surface area (Å²) in [6, 6.07) is 8.01. The molecule has 1 heterocycles. The SMILES string of the molecule is CCNCCc1nnc(-c2ccccc2C)o1. The van der Waals surface area contributed by atoms with Crippen LogP contribution in [0.3, 0.4) is 0 Å². The molecule has 2 aromatic rings. The second-order valence-electron chi connectivity index (χ2n) is 3.92. The van der Waals surface area contributed by atoms with Crippen molar-refractivity contribution in [2.45, 2.75) is 20.3 Å². The van der Waals surface area contributed by atoms with Gasteiger partial charge in [0.05, 0.1) is 0 Å². The minimum atomic E-state index is 0.606. The maximum atomic E-state index is 5.63. The molecule has 0 saturated heterocycles. The largest absolute Gasteiger partial charge is 0.421 e. The van der Waals surface area contributed by atoms with Crippen LogP contribution in [0.4, 0.5) is 0 Å². The van der Waals surface area contributed by atoms with Crippen molar-refractivity contribution in [1.29, 1.82) is 0 Å². The van der Waals surface area contributed by atoms with E-state index in [0.717, 1.165) is 30.6 Å². The molecule has 0 radical (unpaired) electrons. The summed E-state index contributed by atoms with van der Waals surface area (Å²) < 4.78 is 5.63. The molecule has 0 atom stereocenters. The summed E-state index contributed by atoms with van der Waals surface area (Å²) in [5, 5.41) is 11.4. The van der Waals surface area contributed by atoms with Gasteiger partial charge in [-0.2, -0.15) is 0 Å². The van der Waals surface area contributed by atoms with Crippen LogP contribution in [-0.4, -0.2) is 23.3 Å². The third kappa shape index (κ3) is 2.91. The van der Waals surface area contributed by atoms with Crippen molar-refractivity contribution < 1.29 is 4.42 Å². The van der Waals surface area contributed by atoms with Gasteiger partial charge in [-0.15, -0.1) is 10.2 Å². The molecule has 90 valence electrons. The second kappa shape index (κ2) is 5.59. The first-order valence-electron chi connectivity index (χ1n) is 5.90. The van der Waals surface area contributed by atoms with Gasteiger partial charge in [0, 0.05) is 18.5 Å². The Morgan fingerprint density at radius 2 is 2.06 bits per heavy atom. The van der Waals surface area contributed by atoms with Crippen LogP contribution in [0.2, 0.25) is 0 Å². The van der Waals surface area contributed by atoms with Gasteiger partial charge in [-0.1, -0.05) is 25.1 Å². The average Bonchev–Trinajstić information content (AvgIpc) is 2.79. The lowest BCUT2D eigenvalue weighted by atomic mass is 10.1. The molecule has 4 heteroatoms. The molecule has 0 spiro atoms. The maximum absolute atomic E-state index is 5.63. The zero-order valence-corrected chi connectivity index (χ0v) is 10.2. The molecule has 17 heavy (non-hydrogen) atoms. The number of nitrogens with one attached hydrogen (secondary N) is 1. The number of rotatable bonds is 5. The zero-order valence-electron chi connectivity index (χ0n) is 10.2. The Bertz CT molecular complexity index is 479. The van der Waals surface area contributed by atoms with E-state index < -0.39 is 0 Å². The number of benzene rings is 1. The summed E-state index contributed by atoms with van der Waals surface area (Å²) in [4.78, 5) is 0. The molecule has 1 aromatic heterocycles. The quantitative estimate of drug-likeness (QED) is 0.801. The van der Waals surface area contributed by atoms with Crippen molar-refractivity contribution in [2.24, 2.45) is 0 Å². The van der Waals surface area contributed by atoms with E-state index >= 15 is 0 Å². The van der Waals surface area contributed by atoms with Gasteiger partial charge in [0.1, 0.15) is 0 Å². The lowest BCUT2D eigenvalue weighted by Gasteiger charge is -1.99. The van der Waals surface area contributed by atoms with Gasteiger partial charge in [-0.05, 0) is 25.1 Å². The van der Waals surface area contributed by atoms with Crippen molar-refractivity contribution in [3.8, 4) is 11.5 Å². The van der Waals surface area contributed by atoms with Gasteiger partial charge in [0.2, 0.25) is 11.8 Å². The van der Waals surface area contributed by atoms with E-state index in [4.69, 9.17) is 4.42 Å². The van der Waals surface area contributed by atoms with Crippen molar-refractivity contribution in [3.63, 3.8) is 0 Å². The molecule has 4 nitrogen and oxygen atoms in total. The molecule has 1 N–H and O–H groups in total. The summed E-state index contributed by atoms with van der Waals surface area (Å²) in [5.41, 5.74) is 2.16. The topological polar surface area (TPSA) is 51.0 Å². The molecule has 0 bridgehead atoms. The van der Waals surface area contributed by atoms with Crippen molar-refractivity contribution in [1.82, 2.24) is 15.5 Å². The summed E-state index contributed by atoms with van der Waals surface area (Å²) >= 11 is 0. The number of aryl methyl sites for hydroxylation is 1. The molecule has 0 saturated carbocycles. The van der Waals surface area contributed by atoms with Crippen LogP contribution in [0.1, 0.15) is 18.4 Å². The lowest BCUT2D eigenvalue weighted by molar-refractivity contribution is 0.496. The van der Waals surface area contributed by atoms with E-state index in [0.29, 0.717) is 11.8 Å². The van der Waals surface area contributed by atoms with E-state index in [-0.39, 0.29) is 0 Å². The van der Waals surface area contributed by atoms with Crippen LogP contribution in [0, 0.1) is 6.92 Å². The van der Waals surface area contributed by atoms with E-state index in [1.165, 1.54) is 0 Å². The Morgan fingerprint density at radius 3 is 2.82 bits per heavy atom. The van der Waals surface area contributed by atoms with E-state index in [1.807, 2.05) is 31.2 Å². The molecular formula is C13H17N3O. The Kier molecular flexibility index (Phi) is 3.88. The van der Waals surface area contributed by atoms with Crippen LogP contribution in [0.5, 0.6) is 0 Å². The Labute approximate surface area is 101 Å². The predicted octanol–water partition coefficient (Wildman–Crippen LogP) is 2.20. The number of hydrogen-bond donors (Lipinski definition) is 1.